The van der Waals surface area contributed by atoms with Crippen LogP contribution in [0.5, 0.6) is 0 Å². The lowest BCUT2D eigenvalue weighted by Gasteiger charge is -2.12. The smallest absolute Gasteiger partial charge is 0.244 e. The van der Waals surface area contributed by atoms with Gasteiger partial charge in [0.25, 0.3) is 0 Å². The van der Waals surface area contributed by atoms with Crippen molar-refractivity contribution >= 4 is 10.0 Å². The maximum absolute atomic E-state index is 12.7. The molecular weight excluding hydrogens is 326 g/mol. The van der Waals surface area contributed by atoms with Crippen molar-refractivity contribution in [2.24, 2.45) is 0 Å². The van der Waals surface area contributed by atoms with Gasteiger partial charge < -0.3 is 4.74 Å². The monoisotopic (exact) mass is 349 g/mol. The molecule has 0 unspecified atom stereocenters. The van der Waals surface area contributed by atoms with Gasteiger partial charge in [0.2, 0.25) is 10.0 Å². The molecule has 0 amide bonds. The molecule has 0 aliphatic carbocycles. The number of nitrogens with one attached hydrogen (secondary N) is 1. The van der Waals surface area contributed by atoms with Gasteiger partial charge in [-0.15, -0.1) is 0 Å². The third-order valence-electron chi connectivity index (χ3n) is 4.30. The molecule has 0 saturated carbocycles. The van der Waals surface area contributed by atoms with E-state index in [2.05, 4.69) is 9.82 Å². The minimum atomic E-state index is -3.62. The van der Waals surface area contributed by atoms with Crippen molar-refractivity contribution in [1.29, 1.82) is 0 Å². The van der Waals surface area contributed by atoms with E-state index in [1.807, 2.05) is 31.2 Å². The molecule has 2 heterocycles. The molecular formula is C17H23N3O3S. The average molecular weight is 349 g/mol. The van der Waals surface area contributed by atoms with E-state index in [0.717, 1.165) is 24.1 Å². The third kappa shape index (κ3) is 3.38. The Kier molecular flexibility index (Phi) is 4.76. The van der Waals surface area contributed by atoms with E-state index in [1.54, 1.807) is 18.5 Å². The zero-order valence-corrected chi connectivity index (χ0v) is 15.1. The molecule has 24 heavy (non-hydrogen) atoms. The van der Waals surface area contributed by atoms with Gasteiger partial charge in [-0.25, -0.2) is 17.8 Å². The standard InChI is InChI=1S/C17H23N3O3S/c1-12-6-8-15(9-7-12)20-14(3)17(13(2)19-20)24(21,22)18-11-16-5-4-10-23-16/h6-9,16,18H,4-5,10-11H2,1-3H3/t16-/m0/s1. The number of ether oxygens (including phenoxy) is 1. The van der Waals surface area contributed by atoms with Gasteiger partial charge in [-0.05, 0) is 45.7 Å². The summed E-state index contributed by atoms with van der Waals surface area (Å²) in [5, 5.41) is 4.42. The third-order valence-corrected chi connectivity index (χ3v) is 5.97. The molecule has 0 radical (unpaired) electrons. The minimum absolute atomic E-state index is 0.0347. The molecule has 1 aliphatic heterocycles. The molecule has 1 atom stereocenters. The first-order valence-corrected chi connectivity index (χ1v) is 9.61. The maximum Gasteiger partial charge on any atom is 0.244 e. The molecule has 1 aromatic carbocycles. The van der Waals surface area contributed by atoms with Crippen LogP contribution < -0.4 is 4.72 Å². The van der Waals surface area contributed by atoms with Crippen LogP contribution in [-0.4, -0.2) is 37.5 Å². The molecule has 0 spiro atoms. The number of benzene rings is 1. The Morgan fingerprint density at radius 3 is 2.58 bits per heavy atom. The summed E-state index contributed by atoms with van der Waals surface area (Å²) >= 11 is 0. The topological polar surface area (TPSA) is 73.2 Å². The number of aromatic nitrogens is 2. The largest absolute Gasteiger partial charge is 0.377 e. The molecule has 1 saturated heterocycles. The molecule has 7 heteroatoms. The lowest BCUT2D eigenvalue weighted by molar-refractivity contribution is 0.114. The van der Waals surface area contributed by atoms with Crippen molar-refractivity contribution in [1.82, 2.24) is 14.5 Å². The number of nitrogens with zero attached hydrogens (tertiary/aromatic N) is 2. The highest BCUT2D eigenvalue weighted by Gasteiger charge is 2.26. The highest BCUT2D eigenvalue weighted by atomic mass is 32.2. The fourth-order valence-electron chi connectivity index (χ4n) is 3.03. The Bertz CT molecular complexity index is 820. The summed E-state index contributed by atoms with van der Waals surface area (Å²) in [6.07, 6.45) is 1.84. The highest BCUT2D eigenvalue weighted by Crippen LogP contribution is 2.23. The van der Waals surface area contributed by atoms with Gasteiger partial charge in [-0.1, -0.05) is 17.7 Å². The van der Waals surface area contributed by atoms with Crippen molar-refractivity contribution in [2.45, 2.75) is 44.6 Å². The zero-order chi connectivity index (χ0) is 17.3. The predicted molar refractivity (Wildman–Crippen MR) is 91.9 cm³/mol. The van der Waals surface area contributed by atoms with Crippen LogP contribution in [0.25, 0.3) is 5.69 Å². The predicted octanol–water partition coefficient (Wildman–Crippen LogP) is 2.25. The first-order chi connectivity index (χ1) is 11.4. The van der Waals surface area contributed by atoms with Gasteiger partial charge in [-0.2, -0.15) is 5.10 Å². The molecule has 1 aliphatic rings. The molecule has 1 aromatic heterocycles. The highest BCUT2D eigenvalue weighted by molar-refractivity contribution is 7.89. The molecule has 6 nitrogen and oxygen atoms in total. The summed E-state index contributed by atoms with van der Waals surface area (Å²) in [7, 11) is -3.62. The van der Waals surface area contributed by atoms with Gasteiger partial charge in [0.1, 0.15) is 4.90 Å². The van der Waals surface area contributed by atoms with E-state index in [9.17, 15) is 8.42 Å². The number of hydrogen-bond acceptors (Lipinski definition) is 4. The number of rotatable bonds is 5. The van der Waals surface area contributed by atoms with Crippen LogP contribution in [0.4, 0.5) is 0 Å². The number of aryl methyl sites for hydroxylation is 2. The van der Waals surface area contributed by atoms with E-state index in [0.29, 0.717) is 24.5 Å². The Morgan fingerprint density at radius 1 is 1.25 bits per heavy atom. The molecule has 1 fully saturated rings. The van der Waals surface area contributed by atoms with Gasteiger partial charge >= 0.3 is 0 Å². The summed E-state index contributed by atoms with van der Waals surface area (Å²) in [6, 6.07) is 7.83. The molecule has 0 bridgehead atoms. The molecule has 2 aromatic rings. The van der Waals surface area contributed by atoms with Gasteiger partial charge in [0, 0.05) is 13.2 Å². The van der Waals surface area contributed by atoms with Crippen molar-refractivity contribution in [3.8, 4) is 5.69 Å². The summed E-state index contributed by atoms with van der Waals surface area (Å²) in [5.41, 5.74) is 3.09. The zero-order valence-electron chi connectivity index (χ0n) is 14.2. The Labute approximate surface area is 142 Å². The maximum atomic E-state index is 12.7. The Hall–Kier alpha value is -1.70. The second kappa shape index (κ2) is 6.66. The molecule has 130 valence electrons. The van der Waals surface area contributed by atoms with E-state index >= 15 is 0 Å². The van der Waals surface area contributed by atoms with E-state index in [4.69, 9.17) is 4.74 Å². The first kappa shape index (κ1) is 17.1. The van der Waals surface area contributed by atoms with Gasteiger partial charge in [0.15, 0.2) is 0 Å². The van der Waals surface area contributed by atoms with E-state index in [1.165, 1.54) is 0 Å². The van der Waals surface area contributed by atoms with Crippen LogP contribution in [-0.2, 0) is 14.8 Å². The second-order valence-electron chi connectivity index (χ2n) is 6.23. The van der Waals surface area contributed by atoms with Crippen LogP contribution in [0, 0.1) is 20.8 Å². The summed E-state index contributed by atoms with van der Waals surface area (Å²) in [4.78, 5) is 0.251. The van der Waals surface area contributed by atoms with E-state index in [-0.39, 0.29) is 11.0 Å². The van der Waals surface area contributed by atoms with Crippen LogP contribution >= 0.6 is 0 Å². The SMILES string of the molecule is Cc1ccc(-n2nc(C)c(S(=O)(=O)NC[C@@H]3CCCO3)c2C)cc1. The van der Waals surface area contributed by atoms with Crippen molar-refractivity contribution in [3.63, 3.8) is 0 Å². The second-order valence-corrected chi connectivity index (χ2v) is 7.94. The summed E-state index contributed by atoms with van der Waals surface area (Å²) < 4.78 is 35.2. The lowest BCUT2D eigenvalue weighted by Crippen LogP contribution is -2.32. The Morgan fingerprint density at radius 2 is 1.96 bits per heavy atom. The van der Waals surface area contributed by atoms with E-state index < -0.39 is 10.0 Å². The van der Waals surface area contributed by atoms with Crippen molar-refractivity contribution < 1.29 is 13.2 Å². The van der Waals surface area contributed by atoms with Crippen molar-refractivity contribution in [3.05, 3.63) is 41.2 Å². The van der Waals surface area contributed by atoms with Gasteiger partial charge in [0.05, 0.1) is 23.2 Å². The van der Waals surface area contributed by atoms with Crippen molar-refractivity contribution in [2.75, 3.05) is 13.2 Å². The van der Waals surface area contributed by atoms with Gasteiger partial charge in [-0.3, -0.25) is 0 Å². The lowest BCUT2D eigenvalue weighted by atomic mass is 10.2. The summed E-state index contributed by atoms with van der Waals surface area (Å²) in [6.45, 7) is 6.52. The van der Waals surface area contributed by atoms with Crippen LogP contribution in [0.3, 0.4) is 0 Å². The number of hydrogen-bond donors (Lipinski definition) is 1. The van der Waals surface area contributed by atoms with Crippen LogP contribution in [0.15, 0.2) is 29.2 Å². The van der Waals surface area contributed by atoms with Crippen LogP contribution in [0.1, 0.15) is 29.8 Å². The first-order valence-electron chi connectivity index (χ1n) is 8.13. The molecule has 1 N–H and O–H groups in total. The Balaban J connectivity index is 1.88. The fourth-order valence-corrected chi connectivity index (χ4v) is 4.49. The molecule has 3 rings (SSSR count). The normalized spacial score (nSPS) is 18.2. The summed E-state index contributed by atoms with van der Waals surface area (Å²) in [5.74, 6) is 0. The number of sulfonamides is 1. The quantitative estimate of drug-likeness (QED) is 0.898. The minimum Gasteiger partial charge on any atom is -0.377 e. The average Bonchev–Trinajstić information content (AvgIpc) is 3.14. The fraction of sp³-hybridized carbons (Fsp3) is 0.471. The van der Waals surface area contributed by atoms with Crippen LogP contribution in [0.2, 0.25) is 0 Å².